The second-order valence-corrected chi connectivity index (χ2v) is 6.81. The topological polar surface area (TPSA) is 17.0 Å². The Morgan fingerprint density at radius 3 is 3.10 bits per heavy atom. The molecule has 0 saturated heterocycles. The summed E-state index contributed by atoms with van der Waals surface area (Å²) in [7, 11) is 2.07. The smallest absolute Gasteiger partial charge is 0.0484 e. The van der Waals surface area contributed by atoms with E-state index in [4.69, 9.17) is 0 Å². The number of nitrogens with zero attached hydrogens (tertiary/aromatic N) is 1. The van der Waals surface area contributed by atoms with Crippen LogP contribution in [0, 0.1) is 0 Å². The van der Waals surface area contributed by atoms with Gasteiger partial charge in [0.15, 0.2) is 0 Å². The second-order valence-electron chi connectivity index (χ2n) is 5.90. The second kappa shape index (κ2) is 5.32. The Morgan fingerprint density at radius 2 is 2.19 bits per heavy atom. The zero-order valence-corrected chi connectivity index (χ0v) is 13.1. The van der Waals surface area contributed by atoms with Crippen LogP contribution >= 0.6 is 11.3 Å². The van der Waals surface area contributed by atoms with Crippen molar-refractivity contribution in [1.29, 1.82) is 0 Å². The molecule has 1 aromatic carbocycles. The number of aromatic nitrogens is 1. The first kappa shape index (κ1) is 13.1. The van der Waals surface area contributed by atoms with E-state index in [1.54, 1.807) is 0 Å². The predicted octanol–water partition coefficient (Wildman–Crippen LogP) is 4.35. The van der Waals surface area contributed by atoms with Gasteiger partial charge in [-0.15, -0.1) is 11.3 Å². The molecule has 0 bridgehead atoms. The number of aryl methyl sites for hydroxylation is 1. The first-order valence-electron chi connectivity index (χ1n) is 7.66. The highest BCUT2D eigenvalue weighted by Crippen LogP contribution is 2.31. The Hall–Kier alpha value is -1.58. The molecule has 1 unspecified atom stereocenters. The van der Waals surface area contributed by atoms with E-state index < -0.39 is 0 Å². The molecule has 3 aromatic rings. The molecule has 0 spiro atoms. The van der Waals surface area contributed by atoms with Crippen LogP contribution in [0.4, 0.5) is 0 Å². The highest BCUT2D eigenvalue weighted by molar-refractivity contribution is 7.17. The van der Waals surface area contributed by atoms with Crippen molar-refractivity contribution in [3.63, 3.8) is 0 Å². The van der Waals surface area contributed by atoms with Gasteiger partial charge >= 0.3 is 0 Å². The summed E-state index contributed by atoms with van der Waals surface area (Å²) in [5.74, 6) is 0. The van der Waals surface area contributed by atoms with E-state index >= 15 is 0 Å². The molecule has 0 fully saturated rings. The van der Waals surface area contributed by atoms with Gasteiger partial charge in [0, 0.05) is 29.7 Å². The van der Waals surface area contributed by atoms with Gasteiger partial charge in [0.05, 0.1) is 0 Å². The summed E-state index contributed by atoms with van der Waals surface area (Å²) >= 11 is 1.85. The summed E-state index contributed by atoms with van der Waals surface area (Å²) in [5, 5.41) is 7.16. The number of thiophene rings is 1. The van der Waals surface area contributed by atoms with Gasteiger partial charge in [0.25, 0.3) is 0 Å². The quantitative estimate of drug-likeness (QED) is 0.760. The van der Waals surface area contributed by atoms with E-state index in [1.165, 1.54) is 46.0 Å². The van der Waals surface area contributed by atoms with E-state index in [2.05, 4.69) is 59.0 Å². The summed E-state index contributed by atoms with van der Waals surface area (Å²) in [6.45, 7) is 0.980. The third kappa shape index (κ3) is 2.30. The molecule has 1 N–H and O–H groups in total. The highest BCUT2D eigenvalue weighted by Gasteiger charge is 2.20. The number of hydrogen-bond acceptors (Lipinski definition) is 2. The Labute approximate surface area is 129 Å². The summed E-state index contributed by atoms with van der Waals surface area (Å²) in [6, 6.07) is 9.24. The molecule has 1 aliphatic carbocycles. The molecular weight excluding hydrogens is 276 g/mol. The fourth-order valence-electron chi connectivity index (χ4n) is 3.49. The lowest BCUT2D eigenvalue weighted by molar-refractivity contribution is 0.498. The molecule has 108 valence electrons. The zero-order valence-electron chi connectivity index (χ0n) is 12.3. The van der Waals surface area contributed by atoms with Crippen LogP contribution in [0.1, 0.15) is 35.6 Å². The number of hydrogen-bond donors (Lipinski definition) is 1. The average molecular weight is 296 g/mol. The van der Waals surface area contributed by atoms with Gasteiger partial charge in [-0.1, -0.05) is 18.2 Å². The molecule has 0 aliphatic heterocycles. The van der Waals surface area contributed by atoms with Gasteiger partial charge in [0.1, 0.15) is 0 Å². The van der Waals surface area contributed by atoms with Crippen LogP contribution in [0.25, 0.3) is 10.1 Å². The molecular formula is C18H20N2S. The molecule has 4 rings (SSSR count). The Bertz CT molecular complexity index is 768. The van der Waals surface area contributed by atoms with E-state index in [1.807, 2.05) is 11.3 Å². The van der Waals surface area contributed by atoms with Gasteiger partial charge < -0.3 is 9.88 Å². The highest BCUT2D eigenvalue weighted by atomic mass is 32.1. The third-order valence-electron chi connectivity index (χ3n) is 4.57. The molecule has 21 heavy (non-hydrogen) atoms. The standard InChI is InChI=1S/C18H20N2S/c1-19-17-7-4-5-13-9-20(11-16(13)17)10-14-12-21-18-8-3-2-6-15(14)18/h2-3,6,8-9,11-12,17,19H,4-5,7,10H2,1H3. The third-order valence-corrected chi connectivity index (χ3v) is 5.59. The van der Waals surface area contributed by atoms with Crippen molar-refractivity contribution in [3.8, 4) is 0 Å². The van der Waals surface area contributed by atoms with E-state index in [0.717, 1.165) is 6.54 Å². The normalized spacial score (nSPS) is 18.0. The molecule has 0 saturated carbocycles. The lowest BCUT2D eigenvalue weighted by Crippen LogP contribution is -2.20. The number of nitrogens with one attached hydrogen (secondary N) is 1. The number of benzene rings is 1. The minimum atomic E-state index is 0.536. The Morgan fingerprint density at radius 1 is 1.29 bits per heavy atom. The van der Waals surface area contributed by atoms with E-state index in [0.29, 0.717) is 6.04 Å². The maximum atomic E-state index is 3.45. The minimum absolute atomic E-state index is 0.536. The van der Waals surface area contributed by atoms with Crippen LogP contribution in [0.5, 0.6) is 0 Å². The fraction of sp³-hybridized carbons (Fsp3) is 0.333. The lowest BCUT2D eigenvalue weighted by Gasteiger charge is -2.21. The molecule has 0 amide bonds. The summed E-state index contributed by atoms with van der Waals surface area (Å²) in [4.78, 5) is 0. The largest absolute Gasteiger partial charge is 0.349 e. The Kier molecular flexibility index (Phi) is 3.32. The van der Waals surface area contributed by atoms with E-state index in [-0.39, 0.29) is 0 Å². The average Bonchev–Trinajstić information content (AvgIpc) is 3.11. The first-order valence-corrected chi connectivity index (χ1v) is 8.54. The van der Waals surface area contributed by atoms with Crippen molar-refractivity contribution in [1.82, 2.24) is 9.88 Å². The van der Waals surface area contributed by atoms with Crippen molar-refractivity contribution in [2.24, 2.45) is 0 Å². The molecule has 0 radical (unpaired) electrons. The van der Waals surface area contributed by atoms with Gasteiger partial charge in [-0.05, 0) is 59.8 Å². The molecule has 1 atom stereocenters. The Balaban J connectivity index is 1.67. The minimum Gasteiger partial charge on any atom is -0.349 e. The van der Waals surface area contributed by atoms with Crippen molar-refractivity contribution in [3.05, 3.63) is 58.7 Å². The summed E-state index contributed by atoms with van der Waals surface area (Å²) in [5.41, 5.74) is 4.47. The molecule has 2 nitrogen and oxygen atoms in total. The van der Waals surface area contributed by atoms with Crippen LogP contribution in [0.3, 0.4) is 0 Å². The zero-order chi connectivity index (χ0) is 14.2. The monoisotopic (exact) mass is 296 g/mol. The summed E-state index contributed by atoms with van der Waals surface area (Å²) < 4.78 is 3.76. The van der Waals surface area contributed by atoms with Crippen molar-refractivity contribution >= 4 is 21.4 Å². The van der Waals surface area contributed by atoms with Crippen LogP contribution in [0.2, 0.25) is 0 Å². The number of rotatable bonds is 3. The predicted molar refractivity (Wildman–Crippen MR) is 90.1 cm³/mol. The molecule has 2 heterocycles. The number of fused-ring (bicyclic) bond motifs is 2. The van der Waals surface area contributed by atoms with Gasteiger partial charge in [0.2, 0.25) is 0 Å². The van der Waals surface area contributed by atoms with Gasteiger partial charge in [-0.25, -0.2) is 0 Å². The van der Waals surface area contributed by atoms with E-state index in [9.17, 15) is 0 Å². The first-order chi connectivity index (χ1) is 10.3. The van der Waals surface area contributed by atoms with Crippen LogP contribution in [-0.2, 0) is 13.0 Å². The lowest BCUT2D eigenvalue weighted by atomic mass is 9.91. The van der Waals surface area contributed by atoms with Gasteiger partial charge in [-0.3, -0.25) is 0 Å². The molecule has 1 aliphatic rings. The fourth-order valence-corrected chi connectivity index (χ4v) is 4.45. The molecule has 3 heteroatoms. The van der Waals surface area contributed by atoms with Crippen molar-refractivity contribution in [2.45, 2.75) is 31.8 Å². The van der Waals surface area contributed by atoms with Gasteiger partial charge in [-0.2, -0.15) is 0 Å². The van der Waals surface area contributed by atoms with Crippen LogP contribution < -0.4 is 5.32 Å². The summed E-state index contributed by atoms with van der Waals surface area (Å²) in [6.07, 6.45) is 8.48. The SMILES string of the molecule is CNC1CCCc2cn(Cc3csc4ccccc34)cc21. The van der Waals surface area contributed by atoms with Crippen molar-refractivity contribution in [2.75, 3.05) is 7.05 Å². The maximum Gasteiger partial charge on any atom is 0.0484 e. The molecule has 2 aromatic heterocycles. The maximum absolute atomic E-state index is 3.45. The van der Waals surface area contributed by atoms with Crippen LogP contribution in [-0.4, -0.2) is 11.6 Å². The van der Waals surface area contributed by atoms with Crippen molar-refractivity contribution < 1.29 is 0 Å². The van der Waals surface area contributed by atoms with Crippen LogP contribution in [0.15, 0.2) is 42.0 Å².